The number of ketones is 1. The third-order valence-corrected chi connectivity index (χ3v) is 2.94. The summed E-state index contributed by atoms with van der Waals surface area (Å²) in [5.41, 5.74) is 8.08. The van der Waals surface area contributed by atoms with Crippen molar-refractivity contribution < 1.29 is 9.53 Å². The molecule has 2 N–H and O–H groups in total. The molecular weight excluding hydrogens is 252 g/mol. The van der Waals surface area contributed by atoms with Gasteiger partial charge >= 0.3 is 0 Å². The van der Waals surface area contributed by atoms with Crippen molar-refractivity contribution in [2.45, 2.75) is 19.8 Å². The molecule has 0 bridgehead atoms. The summed E-state index contributed by atoms with van der Waals surface area (Å²) in [6.07, 6.45) is 4.28. The quantitative estimate of drug-likeness (QED) is 0.647. The lowest BCUT2D eigenvalue weighted by molar-refractivity contribution is 0.0982. The number of hydrogen-bond acceptors (Lipinski definition) is 4. The van der Waals surface area contributed by atoms with Crippen molar-refractivity contribution in [3.8, 4) is 5.75 Å². The van der Waals surface area contributed by atoms with E-state index < -0.39 is 0 Å². The molecule has 4 heteroatoms. The summed E-state index contributed by atoms with van der Waals surface area (Å²) in [5.74, 6) is 0.684. The van der Waals surface area contributed by atoms with Crippen LogP contribution in [0.4, 0.5) is 5.69 Å². The Hall–Kier alpha value is -2.36. The molecule has 0 aliphatic carbocycles. The van der Waals surface area contributed by atoms with Gasteiger partial charge in [-0.15, -0.1) is 0 Å². The van der Waals surface area contributed by atoms with Crippen molar-refractivity contribution in [1.82, 2.24) is 4.98 Å². The maximum absolute atomic E-state index is 12.1. The fraction of sp³-hybridized carbons (Fsp3) is 0.250. The van der Waals surface area contributed by atoms with Crippen LogP contribution in [0, 0.1) is 0 Å². The van der Waals surface area contributed by atoms with E-state index >= 15 is 0 Å². The first-order valence-electron chi connectivity index (χ1n) is 6.64. The molecule has 0 fully saturated rings. The van der Waals surface area contributed by atoms with Crippen molar-refractivity contribution in [2.75, 3.05) is 12.3 Å². The van der Waals surface area contributed by atoms with Gasteiger partial charge in [-0.1, -0.05) is 12.1 Å². The minimum absolute atomic E-state index is 0.0569. The molecule has 2 aromatic rings. The molecule has 0 radical (unpaired) electrons. The second-order valence-electron chi connectivity index (χ2n) is 4.51. The number of rotatable bonds is 6. The zero-order chi connectivity index (χ0) is 14.4. The first-order valence-corrected chi connectivity index (χ1v) is 6.64. The van der Waals surface area contributed by atoms with Gasteiger partial charge in [0, 0.05) is 23.9 Å². The van der Waals surface area contributed by atoms with Crippen molar-refractivity contribution in [2.24, 2.45) is 0 Å². The molecule has 2 rings (SSSR count). The lowest BCUT2D eigenvalue weighted by Gasteiger charge is -2.05. The predicted octanol–water partition coefficient (Wildman–Crippen LogP) is 2.88. The zero-order valence-corrected chi connectivity index (χ0v) is 11.5. The molecule has 0 unspecified atom stereocenters. The maximum Gasteiger partial charge on any atom is 0.164 e. The number of nitrogens with zero attached hydrogens (tertiary/aromatic N) is 1. The molecule has 0 amide bonds. The Balaban J connectivity index is 1.99. The molecule has 0 spiro atoms. The van der Waals surface area contributed by atoms with Crippen LogP contribution in [0.1, 0.15) is 29.3 Å². The van der Waals surface area contributed by atoms with Gasteiger partial charge in [0.2, 0.25) is 0 Å². The first-order chi connectivity index (χ1) is 9.69. The molecule has 0 aliphatic heterocycles. The largest absolute Gasteiger partial charge is 0.492 e. The monoisotopic (exact) mass is 270 g/mol. The molecule has 1 aromatic heterocycles. The van der Waals surface area contributed by atoms with E-state index in [1.165, 1.54) is 0 Å². The normalized spacial score (nSPS) is 10.2. The Bertz CT molecular complexity index is 597. The van der Waals surface area contributed by atoms with E-state index in [0.717, 1.165) is 11.3 Å². The standard InChI is InChI=1S/C16H18N2O2/c1-2-20-15-9-13(10-18-11-15)16(19)7-6-12-4-3-5-14(17)8-12/h3-5,8-11H,2,6-7,17H2,1H3. The van der Waals surface area contributed by atoms with E-state index in [0.29, 0.717) is 30.8 Å². The van der Waals surface area contributed by atoms with Crippen molar-refractivity contribution in [1.29, 1.82) is 0 Å². The van der Waals surface area contributed by atoms with E-state index in [9.17, 15) is 4.79 Å². The second kappa shape index (κ2) is 6.70. The molecule has 0 aliphatic rings. The summed E-state index contributed by atoms with van der Waals surface area (Å²) in [6, 6.07) is 9.33. The number of carbonyl (C=O) groups is 1. The summed E-state index contributed by atoms with van der Waals surface area (Å²) < 4.78 is 5.34. The van der Waals surface area contributed by atoms with Crippen LogP contribution < -0.4 is 10.5 Å². The van der Waals surface area contributed by atoms with Crippen LogP contribution in [0.5, 0.6) is 5.75 Å². The van der Waals surface area contributed by atoms with Gasteiger partial charge in [-0.3, -0.25) is 9.78 Å². The highest BCUT2D eigenvalue weighted by atomic mass is 16.5. The van der Waals surface area contributed by atoms with Crippen LogP contribution in [-0.2, 0) is 6.42 Å². The molecule has 104 valence electrons. The van der Waals surface area contributed by atoms with Crippen LogP contribution in [0.25, 0.3) is 0 Å². The summed E-state index contributed by atoms with van der Waals surface area (Å²) >= 11 is 0. The average molecular weight is 270 g/mol. The van der Waals surface area contributed by atoms with Crippen molar-refractivity contribution in [3.63, 3.8) is 0 Å². The minimum atomic E-state index is 0.0569. The number of pyridine rings is 1. The zero-order valence-electron chi connectivity index (χ0n) is 11.5. The Morgan fingerprint density at radius 1 is 1.30 bits per heavy atom. The SMILES string of the molecule is CCOc1cncc(C(=O)CCc2cccc(N)c2)c1. The summed E-state index contributed by atoms with van der Waals surface area (Å²) in [6.45, 7) is 2.46. The summed E-state index contributed by atoms with van der Waals surface area (Å²) in [7, 11) is 0. The summed E-state index contributed by atoms with van der Waals surface area (Å²) in [5, 5.41) is 0. The van der Waals surface area contributed by atoms with Gasteiger partial charge in [0.25, 0.3) is 0 Å². The molecule has 20 heavy (non-hydrogen) atoms. The van der Waals surface area contributed by atoms with Crippen LogP contribution in [-0.4, -0.2) is 17.4 Å². The van der Waals surface area contributed by atoms with Crippen LogP contribution in [0.15, 0.2) is 42.7 Å². The third kappa shape index (κ3) is 3.82. The fourth-order valence-electron chi connectivity index (χ4n) is 1.97. The van der Waals surface area contributed by atoms with Crippen molar-refractivity contribution in [3.05, 3.63) is 53.9 Å². The fourth-order valence-corrected chi connectivity index (χ4v) is 1.97. The number of anilines is 1. The maximum atomic E-state index is 12.1. The number of aryl methyl sites for hydroxylation is 1. The van der Waals surface area contributed by atoms with Gasteiger partial charge in [0.15, 0.2) is 5.78 Å². The van der Waals surface area contributed by atoms with E-state index in [2.05, 4.69) is 4.98 Å². The van der Waals surface area contributed by atoms with Crippen LogP contribution in [0.3, 0.4) is 0 Å². The number of ether oxygens (including phenoxy) is 1. The number of nitrogen functional groups attached to an aromatic ring is 1. The molecule has 0 atom stereocenters. The smallest absolute Gasteiger partial charge is 0.164 e. The van der Waals surface area contributed by atoms with Gasteiger partial charge in [-0.05, 0) is 37.1 Å². The Labute approximate surface area is 118 Å². The van der Waals surface area contributed by atoms with Gasteiger partial charge < -0.3 is 10.5 Å². The number of nitrogens with two attached hydrogens (primary N) is 1. The topological polar surface area (TPSA) is 65.2 Å². The molecule has 1 heterocycles. The van der Waals surface area contributed by atoms with Crippen LogP contribution >= 0.6 is 0 Å². The third-order valence-electron chi connectivity index (χ3n) is 2.94. The van der Waals surface area contributed by atoms with E-state index in [1.807, 2.05) is 31.2 Å². The molecule has 1 aromatic carbocycles. The number of Topliss-reactive ketones (excluding diaryl/α,β-unsaturated/α-hetero) is 1. The molecule has 4 nitrogen and oxygen atoms in total. The molecule has 0 saturated carbocycles. The second-order valence-corrected chi connectivity index (χ2v) is 4.51. The average Bonchev–Trinajstić information content (AvgIpc) is 2.45. The number of carbonyl (C=O) groups excluding carboxylic acids is 1. The van der Waals surface area contributed by atoms with E-state index in [-0.39, 0.29) is 5.78 Å². The van der Waals surface area contributed by atoms with E-state index in [1.54, 1.807) is 18.5 Å². The first kappa shape index (κ1) is 14.1. The highest BCUT2D eigenvalue weighted by Crippen LogP contribution is 2.15. The lowest BCUT2D eigenvalue weighted by Crippen LogP contribution is -2.03. The van der Waals surface area contributed by atoms with Gasteiger partial charge in [0.05, 0.1) is 12.8 Å². The highest BCUT2D eigenvalue weighted by molar-refractivity contribution is 5.96. The van der Waals surface area contributed by atoms with E-state index in [4.69, 9.17) is 10.5 Å². The highest BCUT2D eigenvalue weighted by Gasteiger charge is 2.08. The Kier molecular flexibility index (Phi) is 4.71. The van der Waals surface area contributed by atoms with Gasteiger partial charge in [-0.25, -0.2) is 0 Å². The molecule has 0 saturated heterocycles. The van der Waals surface area contributed by atoms with Gasteiger partial charge in [-0.2, -0.15) is 0 Å². The lowest BCUT2D eigenvalue weighted by atomic mass is 10.0. The van der Waals surface area contributed by atoms with Gasteiger partial charge in [0.1, 0.15) is 5.75 Å². The number of aromatic nitrogens is 1. The summed E-state index contributed by atoms with van der Waals surface area (Å²) in [4.78, 5) is 16.2. The molecular formula is C16H18N2O2. The minimum Gasteiger partial charge on any atom is -0.492 e. The Morgan fingerprint density at radius 2 is 2.15 bits per heavy atom. The Morgan fingerprint density at radius 3 is 2.90 bits per heavy atom. The van der Waals surface area contributed by atoms with Crippen LogP contribution in [0.2, 0.25) is 0 Å². The predicted molar refractivity (Wildman–Crippen MR) is 78.9 cm³/mol. The van der Waals surface area contributed by atoms with Crippen molar-refractivity contribution >= 4 is 11.5 Å². The number of hydrogen-bond donors (Lipinski definition) is 1. The number of benzene rings is 1.